The van der Waals surface area contributed by atoms with Gasteiger partial charge in [-0.15, -0.1) is 0 Å². The lowest BCUT2D eigenvalue weighted by atomic mass is 10.1. The number of urea groups is 1. The van der Waals surface area contributed by atoms with Crippen molar-refractivity contribution < 1.29 is 9.18 Å². The Kier molecular flexibility index (Phi) is 6.03. The normalized spacial score (nSPS) is 18.0. The van der Waals surface area contributed by atoms with Gasteiger partial charge in [-0.25, -0.2) is 9.18 Å². The van der Waals surface area contributed by atoms with Crippen molar-refractivity contribution in [3.05, 3.63) is 34.6 Å². The number of carbonyl (C=O) groups is 1. The van der Waals surface area contributed by atoms with Gasteiger partial charge in [0.15, 0.2) is 0 Å². The molecule has 1 aromatic rings. The van der Waals surface area contributed by atoms with Crippen molar-refractivity contribution in [2.24, 2.45) is 5.92 Å². The minimum absolute atomic E-state index is 0.0675. The topological polar surface area (TPSA) is 35.6 Å². The molecule has 0 bridgehead atoms. The van der Waals surface area contributed by atoms with Crippen LogP contribution in [-0.4, -0.2) is 49.1 Å². The Bertz CT molecular complexity index is 526. The number of benzene rings is 1. The molecule has 0 spiro atoms. The molecule has 22 heavy (non-hydrogen) atoms. The first-order chi connectivity index (χ1) is 10.5. The van der Waals surface area contributed by atoms with E-state index in [9.17, 15) is 9.18 Å². The zero-order valence-electron chi connectivity index (χ0n) is 13.1. The molecule has 0 radical (unpaired) electrons. The number of halogens is 2. The number of nitrogens with one attached hydrogen (secondary N) is 1. The van der Waals surface area contributed by atoms with Crippen molar-refractivity contribution in [3.8, 4) is 0 Å². The van der Waals surface area contributed by atoms with Crippen LogP contribution in [0.15, 0.2) is 18.2 Å². The fourth-order valence-corrected chi connectivity index (χ4v) is 2.88. The van der Waals surface area contributed by atoms with Crippen molar-refractivity contribution in [3.63, 3.8) is 0 Å². The molecule has 4 nitrogen and oxygen atoms in total. The average Bonchev–Trinajstić information content (AvgIpc) is 2.96. The quantitative estimate of drug-likeness (QED) is 0.902. The molecule has 0 aromatic heterocycles. The van der Waals surface area contributed by atoms with Gasteiger partial charge in [-0.1, -0.05) is 24.6 Å². The predicted molar refractivity (Wildman–Crippen MR) is 86.5 cm³/mol. The first-order valence-electron chi connectivity index (χ1n) is 7.64. The van der Waals surface area contributed by atoms with Crippen molar-refractivity contribution in [2.75, 3.05) is 33.2 Å². The van der Waals surface area contributed by atoms with Crippen LogP contribution in [0.3, 0.4) is 0 Å². The molecular formula is C16H23ClFN3O. The monoisotopic (exact) mass is 327 g/mol. The first kappa shape index (κ1) is 17.0. The van der Waals surface area contributed by atoms with Crippen molar-refractivity contribution >= 4 is 17.6 Å². The summed E-state index contributed by atoms with van der Waals surface area (Å²) in [5, 5.41) is 2.95. The summed E-state index contributed by atoms with van der Waals surface area (Å²) in [7, 11) is 2.10. The molecule has 2 amide bonds. The average molecular weight is 328 g/mol. The van der Waals surface area contributed by atoms with Crippen LogP contribution in [0, 0.1) is 11.7 Å². The van der Waals surface area contributed by atoms with Crippen LogP contribution in [0.2, 0.25) is 5.02 Å². The lowest BCUT2D eigenvalue weighted by Gasteiger charge is -2.20. The van der Waals surface area contributed by atoms with E-state index in [-0.39, 0.29) is 11.1 Å². The summed E-state index contributed by atoms with van der Waals surface area (Å²) < 4.78 is 13.1. The van der Waals surface area contributed by atoms with Gasteiger partial charge in [0.1, 0.15) is 5.82 Å². The van der Waals surface area contributed by atoms with E-state index in [1.807, 2.05) is 4.90 Å². The number of nitrogens with zero attached hydrogens (tertiary/aromatic N) is 2. The van der Waals surface area contributed by atoms with Crippen molar-refractivity contribution in [1.82, 2.24) is 15.1 Å². The minimum atomic E-state index is -0.445. The maximum absolute atomic E-state index is 13.1. The highest BCUT2D eigenvalue weighted by Crippen LogP contribution is 2.18. The lowest BCUT2D eigenvalue weighted by Crippen LogP contribution is -2.38. The Morgan fingerprint density at radius 1 is 1.55 bits per heavy atom. The second-order valence-corrected chi connectivity index (χ2v) is 6.27. The Hall–Kier alpha value is -1.33. The number of carbonyl (C=O) groups excluding carboxylic acids is 1. The summed E-state index contributed by atoms with van der Waals surface area (Å²) in [6.45, 7) is 6.11. The summed E-state index contributed by atoms with van der Waals surface area (Å²) in [4.78, 5) is 16.3. The zero-order valence-corrected chi connectivity index (χ0v) is 13.9. The SMILES string of the molecule is CCN(C)CC1CCN(C(=O)NCc2ccc(F)c(Cl)c2)C1. The maximum atomic E-state index is 13.1. The van der Waals surface area contributed by atoms with Crippen LogP contribution in [0.1, 0.15) is 18.9 Å². The van der Waals surface area contributed by atoms with Gasteiger partial charge in [0.2, 0.25) is 0 Å². The molecule has 2 rings (SSSR count). The lowest BCUT2D eigenvalue weighted by molar-refractivity contribution is 0.204. The first-order valence-corrected chi connectivity index (χ1v) is 8.02. The van der Waals surface area contributed by atoms with Crippen LogP contribution >= 0.6 is 11.6 Å². The molecule has 122 valence electrons. The number of hydrogen-bond acceptors (Lipinski definition) is 2. The van der Waals surface area contributed by atoms with Gasteiger partial charge in [0.05, 0.1) is 5.02 Å². The summed E-state index contributed by atoms with van der Waals surface area (Å²) in [5.74, 6) is 0.0927. The van der Waals surface area contributed by atoms with Crippen LogP contribution in [-0.2, 0) is 6.54 Å². The molecular weight excluding hydrogens is 305 g/mol. The van der Waals surface area contributed by atoms with Crippen LogP contribution in [0.4, 0.5) is 9.18 Å². The molecule has 1 heterocycles. The Morgan fingerprint density at radius 2 is 2.32 bits per heavy atom. The molecule has 1 N–H and O–H groups in total. The van der Waals surface area contributed by atoms with Gasteiger partial charge >= 0.3 is 6.03 Å². The van der Waals surface area contributed by atoms with E-state index in [1.54, 1.807) is 12.1 Å². The van der Waals surface area contributed by atoms with Gasteiger partial charge < -0.3 is 15.1 Å². The van der Waals surface area contributed by atoms with Crippen molar-refractivity contribution in [1.29, 1.82) is 0 Å². The summed E-state index contributed by atoms with van der Waals surface area (Å²) in [5.41, 5.74) is 0.793. The van der Waals surface area contributed by atoms with Crippen LogP contribution in [0.25, 0.3) is 0 Å². The molecule has 1 unspecified atom stereocenters. The van der Waals surface area contributed by atoms with Crippen molar-refractivity contribution in [2.45, 2.75) is 19.9 Å². The summed E-state index contributed by atoms with van der Waals surface area (Å²) in [6, 6.07) is 4.42. The highest BCUT2D eigenvalue weighted by Gasteiger charge is 2.26. The summed E-state index contributed by atoms with van der Waals surface area (Å²) >= 11 is 5.73. The standard InChI is InChI=1S/C16H23ClFN3O/c1-3-20(2)10-13-6-7-21(11-13)16(22)19-9-12-4-5-15(18)14(17)8-12/h4-5,8,13H,3,6-7,9-11H2,1-2H3,(H,19,22). The molecule has 1 aliphatic heterocycles. The van der Waals surface area contributed by atoms with Crippen LogP contribution in [0.5, 0.6) is 0 Å². The van der Waals surface area contributed by atoms with Gasteiger partial charge in [-0.05, 0) is 43.6 Å². The predicted octanol–water partition coefficient (Wildman–Crippen LogP) is 2.96. The van der Waals surface area contributed by atoms with E-state index in [0.29, 0.717) is 12.5 Å². The molecule has 1 saturated heterocycles. The van der Waals surface area contributed by atoms with E-state index in [1.165, 1.54) is 6.07 Å². The van der Waals surface area contributed by atoms with E-state index in [4.69, 9.17) is 11.6 Å². The summed E-state index contributed by atoms with van der Waals surface area (Å²) in [6.07, 6.45) is 1.04. The smallest absolute Gasteiger partial charge is 0.317 e. The Balaban J connectivity index is 1.79. The molecule has 1 aliphatic rings. The van der Waals surface area contributed by atoms with Gasteiger partial charge in [0, 0.05) is 26.2 Å². The highest BCUT2D eigenvalue weighted by atomic mass is 35.5. The van der Waals surface area contributed by atoms with Crippen LogP contribution < -0.4 is 5.32 Å². The fraction of sp³-hybridized carbons (Fsp3) is 0.562. The van der Waals surface area contributed by atoms with Gasteiger partial charge in [-0.2, -0.15) is 0 Å². The Labute approximate surface area is 136 Å². The number of amides is 2. The molecule has 1 aromatic carbocycles. The third kappa shape index (κ3) is 4.58. The molecule has 0 saturated carbocycles. The van der Waals surface area contributed by atoms with E-state index < -0.39 is 5.82 Å². The minimum Gasteiger partial charge on any atom is -0.334 e. The molecule has 0 aliphatic carbocycles. The number of rotatable bonds is 5. The zero-order chi connectivity index (χ0) is 16.1. The van der Waals surface area contributed by atoms with E-state index in [0.717, 1.165) is 38.2 Å². The molecule has 6 heteroatoms. The molecule has 1 fully saturated rings. The maximum Gasteiger partial charge on any atom is 0.317 e. The number of likely N-dealkylation sites (tertiary alicyclic amines) is 1. The largest absolute Gasteiger partial charge is 0.334 e. The molecule has 1 atom stereocenters. The Morgan fingerprint density at radius 3 is 3.00 bits per heavy atom. The third-order valence-electron chi connectivity index (χ3n) is 4.11. The second-order valence-electron chi connectivity index (χ2n) is 5.86. The third-order valence-corrected chi connectivity index (χ3v) is 4.40. The number of hydrogen-bond donors (Lipinski definition) is 1. The van der Waals surface area contributed by atoms with Gasteiger partial charge in [0.25, 0.3) is 0 Å². The van der Waals surface area contributed by atoms with Gasteiger partial charge in [-0.3, -0.25) is 0 Å². The highest BCUT2D eigenvalue weighted by molar-refractivity contribution is 6.30. The second kappa shape index (κ2) is 7.79. The van der Waals surface area contributed by atoms with E-state index in [2.05, 4.69) is 24.2 Å². The van der Waals surface area contributed by atoms with E-state index >= 15 is 0 Å². The fourth-order valence-electron chi connectivity index (χ4n) is 2.68.